The van der Waals surface area contributed by atoms with Gasteiger partial charge in [0.05, 0.1) is 5.52 Å². The van der Waals surface area contributed by atoms with Crippen LogP contribution in [0.5, 0.6) is 5.75 Å². The van der Waals surface area contributed by atoms with Crippen LogP contribution in [0.2, 0.25) is 0 Å². The Morgan fingerprint density at radius 3 is 1.76 bits per heavy atom. The first-order valence-electron chi connectivity index (χ1n) is 13.7. The van der Waals surface area contributed by atoms with Gasteiger partial charge in [-0.25, -0.2) is 0 Å². The lowest BCUT2D eigenvalue weighted by Crippen LogP contribution is -2.21. The Hall–Kier alpha value is -1.98. The second-order valence-corrected chi connectivity index (χ2v) is 9.71. The molecule has 0 bridgehead atoms. The number of aromatic nitrogens is 1. The second kappa shape index (κ2) is 15.1. The first-order chi connectivity index (χ1) is 16.7. The van der Waals surface area contributed by atoms with Gasteiger partial charge in [0.25, 0.3) is 0 Å². The van der Waals surface area contributed by atoms with Crippen molar-refractivity contribution in [3.05, 3.63) is 42.5 Å². The van der Waals surface area contributed by atoms with Gasteiger partial charge in [0.1, 0.15) is 5.75 Å². The van der Waals surface area contributed by atoms with Crippen molar-refractivity contribution in [2.24, 2.45) is 0 Å². The van der Waals surface area contributed by atoms with Crippen molar-refractivity contribution in [3.63, 3.8) is 0 Å². The van der Waals surface area contributed by atoms with Crippen LogP contribution >= 0.6 is 0 Å². The summed E-state index contributed by atoms with van der Waals surface area (Å²) in [5.74, 6) is 0.518. The molecule has 1 heterocycles. The topological polar surface area (TPSA) is 54.6 Å². The summed E-state index contributed by atoms with van der Waals surface area (Å²) in [5.41, 5.74) is 2.12. The quantitative estimate of drug-likeness (QED) is 0.148. The highest BCUT2D eigenvalue weighted by atomic mass is 16.6. The molecule has 3 aromatic rings. The minimum Gasteiger partial charge on any atom is -0.510 e. The van der Waals surface area contributed by atoms with Gasteiger partial charge in [-0.1, -0.05) is 127 Å². The molecule has 186 valence electrons. The molecule has 0 aliphatic carbocycles. The summed E-state index contributed by atoms with van der Waals surface area (Å²) in [7, 11) is -1.82. The molecule has 1 aromatic heterocycles. The van der Waals surface area contributed by atoms with Crippen LogP contribution < -0.4 is 4.65 Å². The zero-order valence-electron chi connectivity index (χ0n) is 21.2. The van der Waals surface area contributed by atoms with Crippen LogP contribution in [0.25, 0.3) is 21.8 Å². The maximum Gasteiger partial charge on any atom is 0.707 e. The van der Waals surface area contributed by atoms with Crippen molar-refractivity contribution in [3.8, 4) is 5.75 Å². The molecule has 0 spiro atoms. The average molecular weight is 465 g/mol. The van der Waals surface area contributed by atoms with E-state index in [1.165, 1.54) is 101 Å². The molecule has 0 unspecified atom stereocenters. The fourth-order valence-electron chi connectivity index (χ4n) is 5.16. The number of fused-ring (bicyclic) bond motifs is 3. The molecule has 5 heteroatoms. The Labute approximate surface area is 206 Å². The van der Waals surface area contributed by atoms with Crippen molar-refractivity contribution >= 4 is 29.1 Å². The lowest BCUT2D eigenvalue weighted by atomic mass is 10.0. The molecule has 0 amide bonds. The SMILES string of the molecule is CCCCCCCCCCCCCCCCCn1c2ccccc2c2cccc(OB(O)O)c21. The number of para-hydroxylation sites is 2. The third-order valence-corrected chi connectivity index (χ3v) is 6.97. The van der Waals surface area contributed by atoms with E-state index in [0.717, 1.165) is 23.9 Å². The van der Waals surface area contributed by atoms with Crippen molar-refractivity contribution in [2.45, 2.75) is 110 Å². The van der Waals surface area contributed by atoms with E-state index in [1.807, 2.05) is 18.2 Å². The summed E-state index contributed by atoms with van der Waals surface area (Å²) in [6, 6.07) is 14.2. The number of benzene rings is 2. The van der Waals surface area contributed by atoms with E-state index >= 15 is 0 Å². The molecule has 3 rings (SSSR count). The lowest BCUT2D eigenvalue weighted by Gasteiger charge is -2.12. The van der Waals surface area contributed by atoms with Crippen molar-refractivity contribution in [1.29, 1.82) is 0 Å². The Bertz CT molecular complexity index is 969. The summed E-state index contributed by atoms with van der Waals surface area (Å²) in [5, 5.41) is 21.0. The van der Waals surface area contributed by atoms with Crippen LogP contribution in [0.4, 0.5) is 0 Å². The van der Waals surface area contributed by atoms with Crippen LogP contribution in [0.3, 0.4) is 0 Å². The number of hydrogen-bond acceptors (Lipinski definition) is 3. The van der Waals surface area contributed by atoms with Gasteiger partial charge in [0.2, 0.25) is 0 Å². The van der Waals surface area contributed by atoms with Gasteiger partial charge in [-0.05, 0) is 18.6 Å². The van der Waals surface area contributed by atoms with Gasteiger partial charge in [-0.3, -0.25) is 0 Å². The molecule has 0 saturated carbocycles. The Morgan fingerprint density at radius 1 is 0.647 bits per heavy atom. The number of unbranched alkanes of at least 4 members (excludes halogenated alkanes) is 14. The average Bonchev–Trinajstić information content (AvgIpc) is 3.16. The monoisotopic (exact) mass is 465 g/mol. The van der Waals surface area contributed by atoms with E-state index in [4.69, 9.17) is 4.65 Å². The molecule has 2 aromatic carbocycles. The fourth-order valence-corrected chi connectivity index (χ4v) is 5.16. The summed E-state index contributed by atoms with van der Waals surface area (Å²) >= 11 is 0. The number of nitrogens with zero attached hydrogens (tertiary/aromatic N) is 1. The second-order valence-electron chi connectivity index (χ2n) is 9.71. The predicted molar refractivity (Wildman–Crippen MR) is 145 cm³/mol. The number of hydrogen-bond donors (Lipinski definition) is 2. The first kappa shape index (κ1) is 26.6. The molecule has 0 atom stereocenters. The van der Waals surface area contributed by atoms with Crippen LogP contribution in [0.15, 0.2) is 42.5 Å². The molecule has 0 aliphatic rings. The largest absolute Gasteiger partial charge is 0.707 e. The van der Waals surface area contributed by atoms with Crippen LogP contribution in [0.1, 0.15) is 103 Å². The molecule has 0 fully saturated rings. The fraction of sp³-hybridized carbons (Fsp3) is 0.586. The van der Waals surface area contributed by atoms with E-state index in [9.17, 15) is 10.0 Å². The highest BCUT2D eigenvalue weighted by Crippen LogP contribution is 2.35. The van der Waals surface area contributed by atoms with E-state index in [-0.39, 0.29) is 0 Å². The minimum atomic E-state index is -1.82. The highest BCUT2D eigenvalue weighted by molar-refractivity contribution is 6.34. The van der Waals surface area contributed by atoms with Crippen LogP contribution in [-0.4, -0.2) is 21.9 Å². The van der Waals surface area contributed by atoms with Gasteiger partial charge in [-0.15, -0.1) is 0 Å². The summed E-state index contributed by atoms with van der Waals surface area (Å²) in [6.45, 7) is 3.19. The van der Waals surface area contributed by atoms with Gasteiger partial charge in [0, 0.05) is 22.8 Å². The van der Waals surface area contributed by atoms with E-state index in [1.54, 1.807) is 0 Å². The van der Waals surface area contributed by atoms with Crippen LogP contribution in [0, 0.1) is 0 Å². The zero-order valence-corrected chi connectivity index (χ0v) is 21.2. The standard InChI is InChI=1S/C29H44BNO3/c1-2-3-4-5-6-7-8-9-10-11-12-13-14-15-18-24-31-27-22-17-16-20-25(27)26-21-19-23-28(29(26)31)34-30(32)33/h16-17,19-23,32-33H,2-15,18,24H2,1H3. The van der Waals surface area contributed by atoms with E-state index < -0.39 is 7.32 Å². The normalized spacial score (nSPS) is 11.5. The third kappa shape index (κ3) is 8.06. The summed E-state index contributed by atoms with van der Waals surface area (Å²) < 4.78 is 7.60. The molecular weight excluding hydrogens is 421 g/mol. The molecular formula is C29H44BNO3. The Kier molecular flexibility index (Phi) is 11.8. The number of rotatable bonds is 18. The van der Waals surface area contributed by atoms with Gasteiger partial charge < -0.3 is 19.3 Å². The smallest absolute Gasteiger partial charge is 0.510 e. The van der Waals surface area contributed by atoms with Gasteiger partial charge in [0.15, 0.2) is 0 Å². The predicted octanol–water partition coefficient (Wildman–Crippen LogP) is 8.01. The third-order valence-electron chi connectivity index (χ3n) is 6.97. The summed E-state index contributed by atoms with van der Waals surface area (Å²) in [4.78, 5) is 0. The minimum absolute atomic E-state index is 0.518. The highest BCUT2D eigenvalue weighted by Gasteiger charge is 2.18. The summed E-state index contributed by atoms with van der Waals surface area (Å²) in [6.07, 6.45) is 20.4. The molecule has 0 saturated heterocycles. The lowest BCUT2D eigenvalue weighted by molar-refractivity contribution is 0.289. The molecule has 34 heavy (non-hydrogen) atoms. The number of aryl methyl sites for hydroxylation is 1. The van der Waals surface area contributed by atoms with Crippen molar-refractivity contribution < 1.29 is 14.7 Å². The maximum atomic E-state index is 9.37. The molecule has 4 nitrogen and oxygen atoms in total. The van der Waals surface area contributed by atoms with E-state index in [0.29, 0.717) is 5.75 Å². The van der Waals surface area contributed by atoms with Crippen LogP contribution in [-0.2, 0) is 6.54 Å². The molecule has 2 N–H and O–H groups in total. The Morgan fingerprint density at radius 2 is 1.18 bits per heavy atom. The van der Waals surface area contributed by atoms with Gasteiger partial charge in [-0.2, -0.15) is 0 Å². The zero-order chi connectivity index (χ0) is 24.0. The van der Waals surface area contributed by atoms with Gasteiger partial charge >= 0.3 is 7.32 Å². The molecule has 0 radical (unpaired) electrons. The maximum absolute atomic E-state index is 9.37. The Balaban J connectivity index is 1.37. The first-order valence-corrected chi connectivity index (χ1v) is 13.7. The van der Waals surface area contributed by atoms with Crippen molar-refractivity contribution in [2.75, 3.05) is 0 Å². The molecule has 0 aliphatic heterocycles. The van der Waals surface area contributed by atoms with Crippen molar-refractivity contribution in [1.82, 2.24) is 4.57 Å². The van der Waals surface area contributed by atoms with E-state index in [2.05, 4.69) is 35.8 Å².